The number of unbranched alkanes of at least 4 members (excludes halogenated alkanes) is 1. The summed E-state index contributed by atoms with van der Waals surface area (Å²) >= 11 is 0. The maximum absolute atomic E-state index is 15.7. The van der Waals surface area contributed by atoms with Crippen molar-refractivity contribution < 1.29 is 37.8 Å². The number of amides is 2. The first kappa shape index (κ1) is 30.7. The number of hydrogen-bond donors (Lipinski definition) is 2. The van der Waals surface area contributed by atoms with E-state index in [0.717, 1.165) is 0 Å². The summed E-state index contributed by atoms with van der Waals surface area (Å²) in [5.74, 6) is -0.821. The molecule has 2 aliphatic rings. The van der Waals surface area contributed by atoms with Gasteiger partial charge in [-0.2, -0.15) is 0 Å². The van der Waals surface area contributed by atoms with Gasteiger partial charge >= 0.3 is 5.97 Å². The Hall–Kier alpha value is -3.28. The molecule has 4 rings (SSSR count). The Balaban J connectivity index is 1.70. The van der Waals surface area contributed by atoms with Gasteiger partial charge in [-0.25, -0.2) is 0 Å². The van der Waals surface area contributed by atoms with Gasteiger partial charge in [-0.3, -0.25) is 14.4 Å². The summed E-state index contributed by atoms with van der Waals surface area (Å²) in [6, 6.07) is 11.9. The minimum Gasteiger partial charge on any atom is -0.497 e. The Bertz CT molecular complexity index is 1280. The highest BCUT2D eigenvalue weighted by molar-refractivity contribution is 6.72. The van der Waals surface area contributed by atoms with Crippen molar-refractivity contribution in [2.45, 2.75) is 62.9 Å². The van der Waals surface area contributed by atoms with Crippen molar-refractivity contribution in [2.24, 2.45) is 5.92 Å². The normalized spacial score (nSPS) is 23.5. The number of methoxy groups -OCH3 is 2. The van der Waals surface area contributed by atoms with Crippen LogP contribution in [0.2, 0.25) is 18.6 Å². The topological polar surface area (TPSA) is 114 Å². The number of esters is 1. The lowest BCUT2D eigenvalue weighted by molar-refractivity contribution is -0.146. The van der Waals surface area contributed by atoms with Crippen LogP contribution < -0.4 is 15.0 Å². The van der Waals surface area contributed by atoms with Gasteiger partial charge in [0, 0.05) is 47.8 Å². The lowest BCUT2D eigenvalue weighted by atomic mass is 9.82. The summed E-state index contributed by atoms with van der Waals surface area (Å²) in [7, 11) is -0.445. The predicted molar refractivity (Wildman–Crippen MR) is 155 cm³/mol. The molecule has 0 bridgehead atoms. The van der Waals surface area contributed by atoms with Crippen molar-refractivity contribution in [3.8, 4) is 5.75 Å². The molecule has 2 aromatic rings. The molecule has 9 nitrogen and oxygen atoms in total. The van der Waals surface area contributed by atoms with Gasteiger partial charge in [0.25, 0.3) is 11.8 Å². The van der Waals surface area contributed by atoms with E-state index in [1.54, 1.807) is 67.6 Å². The number of aliphatic hydroxyl groups is 1. The number of aliphatic hydroxyl groups excluding tert-OH is 1. The summed E-state index contributed by atoms with van der Waals surface area (Å²) < 4.78 is 32.2. The van der Waals surface area contributed by atoms with Gasteiger partial charge in [0.05, 0.1) is 26.0 Å². The van der Waals surface area contributed by atoms with Gasteiger partial charge in [-0.1, -0.05) is 6.92 Å². The largest absolute Gasteiger partial charge is 0.497 e. The summed E-state index contributed by atoms with van der Waals surface area (Å²) in [4.78, 5) is 40.5. The zero-order valence-corrected chi connectivity index (χ0v) is 25.2. The average molecular weight is 587 g/mol. The van der Waals surface area contributed by atoms with Gasteiger partial charge < -0.3 is 33.6 Å². The van der Waals surface area contributed by atoms with Crippen molar-refractivity contribution in [3.05, 3.63) is 53.6 Å². The van der Waals surface area contributed by atoms with Gasteiger partial charge in [-0.15, -0.1) is 0 Å². The second kappa shape index (κ2) is 12.3. The molecule has 2 aliphatic heterocycles. The van der Waals surface area contributed by atoms with Gasteiger partial charge in [0.1, 0.15) is 5.75 Å². The van der Waals surface area contributed by atoms with E-state index in [1.807, 2.05) is 6.92 Å². The van der Waals surface area contributed by atoms with E-state index >= 15 is 4.11 Å². The van der Waals surface area contributed by atoms with Gasteiger partial charge in [-0.05, 0) is 74.8 Å². The van der Waals surface area contributed by atoms with Gasteiger partial charge in [0.2, 0.25) is 8.41 Å². The average Bonchev–Trinajstić information content (AvgIpc) is 3.37. The van der Waals surface area contributed by atoms with Crippen molar-refractivity contribution in [1.82, 2.24) is 0 Å². The molecule has 2 aromatic carbocycles. The number of anilines is 2. The van der Waals surface area contributed by atoms with Gasteiger partial charge in [0.15, 0.2) is 5.60 Å². The molecule has 2 amide bonds. The van der Waals surface area contributed by atoms with E-state index in [-0.39, 0.29) is 37.2 Å². The lowest BCUT2D eigenvalue weighted by Crippen LogP contribution is -2.45. The molecule has 1 spiro atoms. The molecule has 222 valence electrons. The zero-order valence-electron chi connectivity index (χ0n) is 24.2. The molecule has 0 unspecified atom stereocenters. The lowest BCUT2D eigenvalue weighted by Gasteiger charge is -2.31. The SMILES string of the molecule is COC(=O)CCCCN1C(=O)[C@]2(O[C@H](CCO)[C@@H]([Si](C)(C)F)[C@@H]2C)c2cc(NC(=O)c3ccc(OC)cc3)ccc21. The van der Waals surface area contributed by atoms with E-state index in [0.29, 0.717) is 47.6 Å². The molecule has 2 N–H and O–H groups in total. The molecule has 11 heteroatoms. The van der Waals surface area contributed by atoms with Crippen LogP contribution in [0.4, 0.5) is 15.5 Å². The Kier molecular flexibility index (Phi) is 9.20. The van der Waals surface area contributed by atoms with Crippen LogP contribution in [-0.2, 0) is 24.7 Å². The molecular weight excluding hydrogens is 547 g/mol. The fraction of sp³-hybridized carbons (Fsp3) is 0.500. The summed E-state index contributed by atoms with van der Waals surface area (Å²) in [5.41, 5.74) is 0.118. The van der Waals surface area contributed by atoms with Crippen LogP contribution in [0, 0.1) is 5.92 Å². The first-order valence-corrected chi connectivity index (χ1v) is 16.9. The third-order valence-corrected chi connectivity index (χ3v) is 10.7. The van der Waals surface area contributed by atoms with E-state index in [2.05, 4.69) is 5.32 Å². The predicted octanol–water partition coefficient (Wildman–Crippen LogP) is 4.79. The smallest absolute Gasteiger partial charge is 0.305 e. The maximum atomic E-state index is 15.7. The summed E-state index contributed by atoms with van der Waals surface area (Å²) in [6.07, 6.45) is 0.906. The molecule has 0 aromatic heterocycles. The highest BCUT2D eigenvalue weighted by atomic mass is 28.4. The number of nitrogens with zero attached hydrogens (tertiary/aromatic N) is 1. The minimum absolute atomic E-state index is 0.190. The highest BCUT2D eigenvalue weighted by Crippen LogP contribution is 2.60. The molecule has 1 fully saturated rings. The highest BCUT2D eigenvalue weighted by Gasteiger charge is 2.66. The Morgan fingerprint density at radius 2 is 1.85 bits per heavy atom. The first-order valence-electron chi connectivity index (χ1n) is 13.9. The van der Waals surface area contributed by atoms with E-state index < -0.39 is 31.6 Å². The quantitative estimate of drug-likeness (QED) is 0.168. The molecular formula is C30H39FN2O7Si. The molecule has 0 saturated carbocycles. The van der Waals surface area contributed by atoms with Crippen molar-refractivity contribution in [2.75, 3.05) is 37.6 Å². The van der Waals surface area contributed by atoms with Crippen LogP contribution in [0.3, 0.4) is 0 Å². The number of fused-ring (bicyclic) bond motifs is 2. The number of nitrogens with one attached hydrogen (secondary N) is 1. The van der Waals surface area contributed by atoms with Crippen LogP contribution in [0.25, 0.3) is 0 Å². The fourth-order valence-corrected chi connectivity index (χ4v) is 8.87. The number of ether oxygens (including phenoxy) is 3. The fourth-order valence-electron chi connectivity index (χ4n) is 6.33. The Labute approximate surface area is 241 Å². The van der Waals surface area contributed by atoms with Crippen molar-refractivity contribution >= 4 is 37.6 Å². The molecule has 4 atom stereocenters. The molecule has 1 saturated heterocycles. The van der Waals surface area contributed by atoms with Crippen molar-refractivity contribution in [1.29, 1.82) is 0 Å². The molecule has 0 aliphatic carbocycles. The second-order valence-corrected chi connectivity index (χ2v) is 15.0. The third kappa shape index (κ3) is 5.88. The van der Waals surface area contributed by atoms with Crippen LogP contribution in [0.1, 0.15) is 48.5 Å². The Morgan fingerprint density at radius 3 is 2.46 bits per heavy atom. The molecule has 0 radical (unpaired) electrons. The summed E-state index contributed by atoms with van der Waals surface area (Å²) in [6.45, 7) is 5.21. The molecule has 41 heavy (non-hydrogen) atoms. The number of benzene rings is 2. The third-order valence-electron chi connectivity index (χ3n) is 8.22. The van der Waals surface area contributed by atoms with Crippen LogP contribution in [0.15, 0.2) is 42.5 Å². The monoisotopic (exact) mass is 586 g/mol. The number of carbonyl (C=O) groups excluding carboxylic acids is 3. The number of halogens is 1. The van der Waals surface area contributed by atoms with E-state index in [9.17, 15) is 19.5 Å². The molecule has 2 heterocycles. The van der Waals surface area contributed by atoms with Crippen molar-refractivity contribution in [3.63, 3.8) is 0 Å². The second-order valence-electron chi connectivity index (χ2n) is 11.2. The number of rotatable bonds is 11. The first-order chi connectivity index (χ1) is 19.5. The summed E-state index contributed by atoms with van der Waals surface area (Å²) in [5, 5.41) is 12.7. The minimum atomic E-state index is -3.33. The van der Waals surface area contributed by atoms with Crippen LogP contribution in [-0.4, -0.2) is 64.8 Å². The number of hydrogen-bond acceptors (Lipinski definition) is 7. The Morgan fingerprint density at radius 1 is 1.15 bits per heavy atom. The number of carbonyl (C=O) groups is 3. The standard InChI is InChI=1S/C30H39FN2O7Si/c1-19-27(41(4,5)31)25(15-17-34)40-30(19)23-18-21(32-28(36)20-9-12-22(38-2)13-10-20)11-14-24(23)33(29(30)37)16-7-6-8-26(35)39-3/h9-14,18-19,25,27,34H,6-8,15-17H2,1-5H3,(H,32,36)/t19-,25+,27-,30+/m0/s1. The zero-order chi connectivity index (χ0) is 29.9. The van der Waals surface area contributed by atoms with Crippen LogP contribution >= 0.6 is 0 Å². The van der Waals surface area contributed by atoms with Crippen LogP contribution in [0.5, 0.6) is 5.75 Å². The maximum Gasteiger partial charge on any atom is 0.305 e. The van der Waals surface area contributed by atoms with E-state index in [4.69, 9.17) is 14.2 Å². The van der Waals surface area contributed by atoms with E-state index in [1.165, 1.54) is 7.11 Å².